The van der Waals surface area contributed by atoms with Gasteiger partial charge in [0.25, 0.3) is 11.7 Å². The summed E-state index contributed by atoms with van der Waals surface area (Å²) in [7, 11) is 0. The van der Waals surface area contributed by atoms with Gasteiger partial charge in [-0.25, -0.2) is 0 Å². The number of carbonyl (C=O) groups is 1. The first-order valence-electron chi connectivity index (χ1n) is 6.78. The van der Waals surface area contributed by atoms with E-state index in [-0.39, 0.29) is 11.9 Å². The summed E-state index contributed by atoms with van der Waals surface area (Å²) in [6.07, 6.45) is 2.01. The second kappa shape index (κ2) is 5.83. The fraction of sp³-hybridized carbons (Fsp3) is 0.357. The number of hydrogen-bond acceptors (Lipinski definition) is 5. The SMILES string of the molecule is Cc1ccc(NC(=O)c2noc(C3CCCN3)n2)cc1Cl. The molecule has 1 fully saturated rings. The molecule has 2 N–H and O–H groups in total. The highest BCUT2D eigenvalue weighted by Crippen LogP contribution is 2.22. The number of aromatic nitrogens is 2. The summed E-state index contributed by atoms with van der Waals surface area (Å²) in [5.74, 6) is 0.0675. The molecule has 1 aliphatic rings. The largest absolute Gasteiger partial charge is 0.337 e. The maximum atomic E-state index is 12.1. The topological polar surface area (TPSA) is 80.0 Å². The molecule has 0 saturated carbocycles. The first-order valence-corrected chi connectivity index (χ1v) is 7.16. The predicted molar refractivity (Wildman–Crippen MR) is 78.4 cm³/mol. The van der Waals surface area contributed by atoms with Crippen LogP contribution >= 0.6 is 11.6 Å². The number of aryl methyl sites for hydroxylation is 1. The molecule has 0 spiro atoms. The Hall–Kier alpha value is -1.92. The Balaban J connectivity index is 1.71. The van der Waals surface area contributed by atoms with E-state index in [2.05, 4.69) is 20.8 Å². The van der Waals surface area contributed by atoms with E-state index in [4.69, 9.17) is 16.1 Å². The summed E-state index contributed by atoms with van der Waals surface area (Å²) in [6.45, 7) is 2.82. The van der Waals surface area contributed by atoms with Crippen LogP contribution in [0.25, 0.3) is 0 Å². The number of benzene rings is 1. The minimum absolute atomic E-state index is 0.0235. The van der Waals surface area contributed by atoms with E-state index in [1.807, 2.05) is 13.0 Å². The van der Waals surface area contributed by atoms with E-state index >= 15 is 0 Å². The normalized spacial score (nSPS) is 17.9. The minimum Gasteiger partial charge on any atom is -0.337 e. The van der Waals surface area contributed by atoms with Gasteiger partial charge in [-0.05, 0) is 44.0 Å². The van der Waals surface area contributed by atoms with Crippen LogP contribution in [-0.4, -0.2) is 22.6 Å². The van der Waals surface area contributed by atoms with E-state index in [0.717, 1.165) is 24.9 Å². The van der Waals surface area contributed by atoms with Gasteiger partial charge in [-0.15, -0.1) is 0 Å². The molecule has 2 aromatic rings. The lowest BCUT2D eigenvalue weighted by Crippen LogP contribution is -2.15. The Morgan fingerprint density at radius 2 is 2.38 bits per heavy atom. The van der Waals surface area contributed by atoms with Crippen molar-refractivity contribution in [3.63, 3.8) is 0 Å². The third-order valence-electron chi connectivity index (χ3n) is 3.43. The number of nitrogens with one attached hydrogen (secondary N) is 2. The maximum absolute atomic E-state index is 12.1. The van der Waals surface area contributed by atoms with Gasteiger partial charge in [0, 0.05) is 10.7 Å². The van der Waals surface area contributed by atoms with Crippen LogP contribution in [0, 0.1) is 6.92 Å². The van der Waals surface area contributed by atoms with Crippen molar-refractivity contribution in [1.82, 2.24) is 15.5 Å². The van der Waals surface area contributed by atoms with Crippen LogP contribution in [0.3, 0.4) is 0 Å². The molecule has 6 nitrogen and oxygen atoms in total. The second-order valence-corrected chi connectivity index (χ2v) is 5.43. The fourth-order valence-corrected chi connectivity index (χ4v) is 2.40. The first kappa shape index (κ1) is 14.0. The van der Waals surface area contributed by atoms with Crippen LogP contribution in [-0.2, 0) is 0 Å². The summed E-state index contributed by atoms with van der Waals surface area (Å²) in [5, 5.41) is 10.3. The zero-order chi connectivity index (χ0) is 14.8. The van der Waals surface area contributed by atoms with Gasteiger partial charge in [-0.3, -0.25) is 4.79 Å². The quantitative estimate of drug-likeness (QED) is 0.911. The number of halogens is 1. The summed E-state index contributed by atoms with van der Waals surface area (Å²) in [6, 6.07) is 5.35. The number of rotatable bonds is 3. The van der Waals surface area contributed by atoms with Crippen molar-refractivity contribution in [2.45, 2.75) is 25.8 Å². The van der Waals surface area contributed by atoms with E-state index < -0.39 is 5.91 Å². The number of hydrogen-bond donors (Lipinski definition) is 2. The summed E-state index contributed by atoms with van der Waals surface area (Å²) in [4.78, 5) is 16.2. The number of carbonyl (C=O) groups excluding carboxylic acids is 1. The highest BCUT2D eigenvalue weighted by Gasteiger charge is 2.24. The van der Waals surface area contributed by atoms with Crippen molar-refractivity contribution in [2.24, 2.45) is 0 Å². The molecule has 3 rings (SSSR count). The van der Waals surface area contributed by atoms with Gasteiger partial charge in [0.05, 0.1) is 6.04 Å². The monoisotopic (exact) mass is 306 g/mol. The molecule has 0 radical (unpaired) electrons. The van der Waals surface area contributed by atoms with Crippen molar-refractivity contribution >= 4 is 23.2 Å². The summed E-state index contributed by atoms with van der Waals surface area (Å²) >= 11 is 6.02. The van der Waals surface area contributed by atoms with Gasteiger partial charge in [-0.2, -0.15) is 4.98 Å². The molecule has 1 atom stereocenters. The fourth-order valence-electron chi connectivity index (χ4n) is 2.22. The van der Waals surface area contributed by atoms with Gasteiger partial charge in [0.15, 0.2) is 0 Å². The highest BCUT2D eigenvalue weighted by molar-refractivity contribution is 6.31. The van der Waals surface area contributed by atoms with Crippen LogP contribution in [0.4, 0.5) is 5.69 Å². The average Bonchev–Trinajstić information content (AvgIpc) is 3.12. The molecular formula is C14H15ClN4O2. The first-order chi connectivity index (χ1) is 10.1. The zero-order valence-electron chi connectivity index (χ0n) is 11.5. The van der Waals surface area contributed by atoms with Crippen LogP contribution in [0.2, 0.25) is 5.02 Å². The Morgan fingerprint density at radius 3 is 3.10 bits per heavy atom. The Labute approximate surface area is 126 Å². The molecule has 1 aromatic heterocycles. The lowest BCUT2D eigenvalue weighted by molar-refractivity contribution is 0.101. The molecular weight excluding hydrogens is 292 g/mol. The highest BCUT2D eigenvalue weighted by atomic mass is 35.5. The van der Waals surface area contributed by atoms with Crippen molar-refractivity contribution in [1.29, 1.82) is 0 Å². The zero-order valence-corrected chi connectivity index (χ0v) is 12.3. The molecule has 1 aliphatic heterocycles. The lowest BCUT2D eigenvalue weighted by Gasteiger charge is -2.04. The molecule has 21 heavy (non-hydrogen) atoms. The second-order valence-electron chi connectivity index (χ2n) is 5.02. The third kappa shape index (κ3) is 3.06. The molecule has 1 amide bonds. The van der Waals surface area contributed by atoms with Gasteiger partial charge >= 0.3 is 0 Å². The summed E-state index contributed by atoms with van der Waals surface area (Å²) in [5.41, 5.74) is 1.55. The van der Waals surface area contributed by atoms with E-state index in [0.29, 0.717) is 16.6 Å². The smallest absolute Gasteiger partial charge is 0.297 e. The van der Waals surface area contributed by atoms with Crippen molar-refractivity contribution in [3.05, 3.63) is 40.5 Å². The van der Waals surface area contributed by atoms with Gasteiger partial charge in [0.1, 0.15) is 0 Å². The van der Waals surface area contributed by atoms with Crippen molar-refractivity contribution < 1.29 is 9.32 Å². The Bertz CT molecular complexity index is 665. The maximum Gasteiger partial charge on any atom is 0.297 e. The van der Waals surface area contributed by atoms with E-state index in [9.17, 15) is 4.79 Å². The number of nitrogens with zero attached hydrogens (tertiary/aromatic N) is 2. The molecule has 1 saturated heterocycles. The Kier molecular flexibility index (Phi) is 3.90. The summed E-state index contributed by atoms with van der Waals surface area (Å²) < 4.78 is 5.14. The van der Waals surface area contributed by atoms with Crippen molar-refractivity contribution in [2.75, 3.05) is 11.9 Å². The average molecular weight is 307 g/mol. The molecule has 7 heteroatoms. The van der Waals surface area contributed by atoms with Gasteiger partial charge in [-0.1, -0.05) is 22.8 Å². The van der Waals surface area contributed by atoms with E-state index in [1.54, 1.807) is 12.1 Å². The van der Waals surface area contributed by atoms with E-state index in [1.165, 1.54) is 0 Å². The van der Waals surface area contributed by atoms with Crippen LogP contribution < -0.4 is 10.6 Å². The Morgan fingerprint density at radius 1 is 1.52 bits per heavy atom. The van der Waals surface area contributed by atoms with Crippen LogP contribution in [0.1, 0.15) is 41.0 Å². The number of amides is 1. The predicted octanol–water partition coefficient (Wildman–Crippen LogP) is 2.71. The minimum atomic E-state index is -0.414. The molecule has 110 valence electrons. The molecule has 2 heterocycles. The molecule has 0 aliphatic carbocycles. The van der Waals surface area contributed by atoms with Crippen LogP contribution in [0.5, 0.6) is 0 Å². The molecule has 1 unspecified atom stereocenters. The van der Waals surface area contributed by atoms with Gasteiger partial charge in [0.2, 0.25) is 5.89 Å². The van der Waals surface area contributed by atoms with Crippen LogP contribution in [0.15, 0.2) is 22.7 Å². The van der Waals surface area contributed by atoms with Gasteiger partial charge < -0.3 is 15.2 Å². The van der Waals surface area contributed by atoms with Crippen molar-refractivity contribution in [3.8, 4) is 0 Å². The number of anilines is 1. The third-order valence-corrected chi connectivity index (χ3v) is 3.84. The lowest BCUT2D eigenvalue weighted by atomic mass is 10.2. The molecule has 1 aromatic carbocycles. The molecule has 0 bridgehead atoms. The standard InChI is InChI=1S/C14H15ClN4O2/c1-8-4-5-9(7-10(8)15)17-13(20)12-18-14(21-19-12)11-3-2-6-16-11/h4-5,7,11,16H,2-3,6H2,1H3,(H,17,20).